The first-order valence-electron chi connectivity index (χ1n) is 9.26. The molecule has 0 unspecified atom stereocenters. The summed E-state index contributed by atoms with van der Waals surface area (Å²) in [5, 5.41) is 14.4. The number of ether oxygens (including phenoxy) is 1. The number of nitrogens with zero attached hydrogens (tertiary/aromatic N) is 4. The number of carbonyl (C=O) groups is 1. The summed E-state index contributed by atoms with van der Waals surface area (Å²) >= 11 is 1.60. The molecule has 9 heteroatoms. The summed E-state index contributed by atoms with van der Waals surface area (Å²) < 4.78 is 5.31. The van der Waals surface area contributed by atoms with E-state index in [1.807, 2.05) is 46.0 Å². The van der Waals surface area contributed by atoms with Crippen molar-refractivity contribution in [3.8, 4) is 11.4 Å². The predicted octanol–water partition coefficient (Wildman–Crippen LogP) is 3.30. The fourth-order valence-corrected chi connectivity index (χ4v) is 3.87. The van der Waals surface area contributed by atoms with Gasteiger partial charge in [-0.3, -0.25) is 9.89 Å². The average molecular weight is 406 g/mol. The summed E-state index contributed by atoms with van der Waals surface area (Å²) in [4.78, 5) is 23.7. The molecule has 3 aromatic heterocycles. The van der Waals surface area contributed by atoms with Crippen LogP contribution in [-0.2, 0) is 4.74 Å². The highest BCUT2D eigenvalue weighted by atomic mass is 32.1. The number of nitrogens with one attached hydrogen (secondary N) is 2. The molecule has 29 heavy (non-hydrogen) atoms. The number of fused-ring (bicyclic) bond motifs is 1. The van der Waals surface area contributed by atoms with Gasteiger partial charge in [-0.1, -0.05) is 0 Å². The van der Waals surface area contributed by atoms with E-state index in [4.69, 9.17) is 4.74 Å². The third-order valence-electron chi connectivity index (χ3n) is 4.77. The first-order valence-corrected chi connectivity index (χ1v) is 10.2. The average Bonchev–Trinajstić information content (AvgIpc) is 3.46. The van der Waals surface area contributed by atoms with E-state index < -0.39 is 0 Å². The highest BCUT2D eigenvalue weighted by Gasteiger charge is 2.18. The summed E-state index contributed by atoms with van der Waals surface area (Å²) in [6.45, 7) is 2.43. The van der Waals surface area contributed by atoms with Gasteiger partial charge in [-0.2, -0.15) is 16.4 Å². The standard InChI is InChI=1S/C20H18N6O2S/c27-20(26-6-8-28-9-7-26)13-1-3-15(4-2-13)22-19-17-16(11-21-25-17)23-18(24-19)14-5-10-29-12-14/h1-5,10-12H,6-9H2,(H,21,25)(H,22,23,24). The van der Waals surface area contributed by atoms with Crippen molar-refractivity contribution in [2.24, 2.45) is 0 Å². The number of aromatic nitrogens is 4. The zero-order valence-corrected chi connectivity index (χ0v) is 16.3. The molecule has 0 atom stereocenters. The fraction of sp³-hybridized carbons (Fsp3) is 0.200. The van der Waals surface area contributed by atoms with E-state index >= 15 is 0 Å². The van der Waals surface area contributed by atoms with Gasteiger partial charge in [0.2, 0.25) is 0 Å². The second-order valence-electron chi connectivity index (χ2n) is 6.65. The molecule has 1 saturated heterocycles. The third kappa shape index (κ3) is 3.57. The van der Waals surface area contributed by atoms with Crippen LogP contribution in [0, 0.1) is 0 Å². The van der Waals surface area contributed by atoms with Crippen LogP contribution in [0.15, 0.2) is 47.3 Å². The van der Waals surface area contributed by atoms with Crippen LogP contribution in [0.1, 0.15) is 10.4 Å². The Morgan fingerprint density at radius 2 is 1.97 bits per heavy atom. The molecule has 1 aromatic carbocycles. The number of benzene rings is 1. The molecule has 146 valence electrons. The minimum absolute atomic E-state index is 0.0255. The van der Waals surface area contributed by atoms with Gasteiger partial charge >= 0.3 is 0 Å². The molecule has 0 spiro atoms. The lowest BCUT2D eigenvalue weighted by molar-refractivity contribution is 0.0303. The van der Waals surface area contributed by atoms with Crippen LogP contribution >= 0.6 is 11.3 Å². The number of amides is 1. The zero-order chi connectivity index (χ0) is 19.6. The smallest absolute Gasteiger partial charge is 0.254 e. The van der Waals surface area contributed by atoms with Gasteiger partial charge in [0.05, 0.1) is 19.4 Å². The molecule has 5 rings (SSSR count). The molecular formula is C20H18N6O2S. The van der Waals surface area contributed by atoms with Gasteiger partial charge in [0, 0.05) is 35.3 Å². The number of hydrogen-bond donors (Lipinski definition) is 2. The van der Waals surface area contributed by atoms with Gasteiger partial charge in [-0.25, -0.2) is 9.97 Å². The summed E-state index contributed by atoms with van der Waals surface area (Å²) in [6, 6.07) is 9.39. The maximum absolute atomic E-state index is 12.6. The molecular weight excluding hydrogens is 388 g/mol. The molecule has 0 saturated carbocycles. The van der Waals surface area contributed by atoms with E-state index in [1.54, 1.807) is 17.5 Å². The number of thiophene rings is 1. The van der Waals surface area contributed by atoms with Crippen molar-refractivity contribution < 1.29 is 9.53 Å². The Labute approximate surface area is 170 Å². The van der Waals surface area contributed by atoms with Crippen molar-refractivity contribution in [1.29, 1.82) is 0 Å². The van der Waals surface area contributed by atoms with Crippen molar-refractivity contribution in [2.75, 3.05) is 31.6 Å². The second-order valence-corrected chi connectivity index (χ2v) is 7.43. The summed E-state index contributed by atoms with van der Waals surface area (Å²) in [6.07, 6.45) is 1.68. The second kappa shape index (κ2) is 7.61. The normalized spacial score (nSPS) is 14.3. The van der Waals surface area contributed by atoms with Crippen LogP contribution in [0.2, 0.25) is 0 Å². The summed E-state index contributed by atoms with van der Waals surface area (Å²) in [5.41, 5.74) is 3.92. The zero-order valence-electron chi connectivity index (χ0n) is 15.5. The first-order chi connectivity index (χ1) is 14.3. The van der Waals surface area contributed by atoms with Crippen LogP contribution in [0.5, 0.6) is 0 Å². The van der Waals surface area contributed by atoms with E-state index in [9.17, 15) is 4.79 Å². The Bertz CT molecular complexity index is 1130. The SMILES string of the molecule is O=C(c1ccc(Nc2nc(-c3ccsc3)nc3cn[nH]c23)cc1)N1CCOCC1. The molecule has 0 radical (unpaired) electrons. The molecule has 1 aliphatic heterocycles. The lowest BCUT2D eigenvalue weighted by Gasteiger charge is -2.26. The Balaban J connectivity index is 1.41. The number of aromatic amines is 1. The number of hydrogen-bond acceptors (Lipinski definition) is 7. The monoisotopic (exact) mass is 406 g/mol. The fourth-order valence-electron chi connectivity index (χ4n) is 3.23. The predicted molar refractivity (Wildman–Crippen MR) is 111 cm³/mol. The quantitative estimate of drug-likeness (QED) is 0.540. The van der Waals surface area contributed by atoms with Crippen molar-refractivity contribution in [3.63, 3.8) is 0 Å². The summed E-state index contributed by atoms with van der Waals surface area (Å²) in [5.74, 6) is 1.31. The maximum atomic E-state index is 12.6. The molecule has 2 N–H and O–H groups in total. The van der Waals surface area contributed by atoms with Crippen molar-refractivity contribution >= 4 is 39.8 Å². The lowest BCUT2D eigenvalue weighted by Crippen LogP contribution is -2.40. The largest absolute Gasteiger partial charge is 0.378 e. The lowest BCUT2D eigenvalue weighted by atomic mass is 10.1. The molecule has 1 aliphatic rings. The van der Waals surface area contributed by atoms with Gasteiger partial charge in [0.25, 0.3) is 5.91 Å². The number of H-pyrrole nitrogens is 1. The van der Waals surface area contributed by atoms with Crippen LogP contribution < -0.4 is 5.32 Å². The molecule has 4 aromatic rings. The molecule has 1 amide bonds. The van der Waals surface area contributed by atoms with E-state index in [1.165, 1.54) is 0 Å². The topological polar surface area (TPSA) is 96.0 Å². The Hall–Kier alpha value is -3.30. The van der Waals surface area contributed by atoms with Crippen LogP contribution in [0.3, 0.4) is 0 Å². The van der Waals surface area contributed by atoms with E-state index in [0.717, 1.165) is 22.3 Å². The molecule has 4 heterocycles. The Morgan fingerprint density at radius 3 is 2.72 bits per heavy atom. The van der Waals surface area contributed by atoms with Crippen molar-refractivity contribution in [1.82, 2.24) is 25.1 Å². The Kier molecular flexibility index (Phi) is 4.66. The van der Waals surface area contributed by atoms with E-state index in [0.29, 0.717) is 43.5 Å². The van der Waals surface area contributed by atoms with Gasteiger partial charge < -0.3 is 15.0 Å². The van der Waals surface area contributed by atoms with Gasteiger partial charge in [-0.05, 0) is 35.7 Å². The number of carbonyl (C=O) groups excluding carboxylic acids is 1. The highest BCUT2D eigenvalue weighted by Crippen LogP contribution is 2.27. The molecule has 8 nitrogen and oxygen atoms in total. The molecule has 0 aliphatic carbocycles. The van der Waals surface area contributed by atoms with E-state index in [-0.39, 0.29) is 5.91 Å². The number of morpholine rings is 1. The third-order valence-corrected chi connectivity index (χ3v) is 5.46. The summed E-state index contributed by atoms with van der Waals surface area (Å²) in [7, 11) is 0. The van der Waals surface area contributed by atoms with Crippen LogP contribution in [0.25, 0.3) is 22.4 Å². The number of rotatable bonds is 4. The molecule has 0 bridgehead atoms. The highest BCUT2D eigenvalue weighted by molar-refractivity contribution is 7.08. The van der Waals surface area contributed by atoms with Crippen molar-refractivity contribution in [2.45, 2.75) is 0 Å². The van der Waals surface area contributed by atoms with Crippen molar-refractivity contribution in [3.05, 3.63) is 52.9 Å². The van der Waals surface area contributed by atoms with Gasteiger partial charge in [0.1, 0.15) is 11.0 Å². The first kappa shape index (κ1) is 17.8. The van der Waals surface area contributed by atoms with Gasteiger partial charge in [-0.15, -0.1) is 0 Å². The minimum Gasteiger partial charge on any atom is -0.378 e. The van der Waals surface area contributed by atoms with Crippen LogP contribution in [0.4, 0.5) is 11.5 Å². The van der Waals surface area contributed by atoms with E-state index in [2.05, 4.69) is 25.5 Å². The van der Waals surface area contributed by atoms with Gasteiger partial charge in [0.15, 0.2) is 11.6 Å². The number of anilines is 2. The molecule has 1 fully saturated rings. The maximum Gasteiger partial charge on any atom is 0.254 e. The van der Waals surface area contributed by atoms with Crippen LogP contribution in [-0.4, -0.2) is 57.3 Å². The Morgan fingerprint density at radius 1 is 1.14 bits per heavy atom. The minimum atomic E-state index is 0.0255.